The summed E-state index contributed by atoms with van der Waals surface area (Å²) in [6.45, 7) is 2.95. The Kier molecular flexibility index (Phi) is 5.43. The molecule has 1 saturated carbocycles. The van der Waals surface area contributed by atoms with E-state index in [1.165, 1.54) is 40.6 Å². The predicted octanol–water partition coefficient (Wildman–Crippen LogP) is 3.39. The van der Waals surface area contributed by atoms with E-state index in [9.17, 15) is 0 Å². The van der Waals surface area contributed by atoms with Gasteiger partial charge in [0.15, 0.2) is 0 Å². The van der Waals surface area contributed by atoms with Gasteiger partial charge in [-0.15, -0.1) is 0 Å². The fraction of sp³-hybridized carbons (Fsp3) is 0.500. The van der Waals surface area contributed by atoms with Crippen LogP contribution in [0.3, 0.4) is 0 Å². The first kappa shape index (κ1) is 18.8. The van der Waals surface area contributed by atoms with Crippen molar-refractivity contribution in [1.29, 1.82) is 0 Å². The Morgan fingerprint density at radius 3 is 2.81 bits per heavy atom. The van der Waals surface area contributed by atoms with Crippen molar-refractivity contribution in [3.8, 4) is 0 Å². The van der Waals surface area contributed by atoms with E-state index in [4.69, 9.17) is 10.5 Å². The van der Waals surface area contributed by atoms with E-state index in [-0.39, 0.29) is 5.54 Å². The summed E-state index contributed by atoms with van der Waals surface area (Å²) in [6, 6.07) is 15.8. The molecule has 4 rings (SSSR count). The Labute approximate surface area is 164 Å². The van der Waals surface area contributed by atoms with Crippen molar-refractivity contribution in [3.05, 3.63) is 64.7 Å². The van der Waals surface area contributed by atoms with Gasteiger partial charge in [0.1, 0.15) is 7.85 Å². The molecule has 0 aromatic heterocycles. The summed E-state index contributed by atoms with van der Waals surface area (Å²) in [4.78, 5) is 0. The number of ether oxygens (including phenoxy) is 1. The largest absolute Gasteiger partial charge is 0.373 e. The molecule has 0 spiro atoms. The molecule has 2 aliphatic carbocycles. The molecule has 2 nitrogen and oxygen atoms in total. The Hall–Kier alpha value is -1.58. The molecule has 0 saturated heterocycles. The SMILES string of the molecule is Bc1cccc(CO[C@H]2CCc3cc([C@H]4CC[C@](N)(CC)C4)ccc3C2)c1. The number of fused-ring (bicyclic) bond motifs is 1. The quantitative estimate of drug-likeness (QED) is 0.829. The highest BCUT2D eigenvalue weighted by atomic mass is 16.5. The summed E-state index contributed by atoms with van der Waals surface area (Å²) in [5.41, 5.74) is 13.7. The molecule has 2 aromatic carbocycles. The normalized spacial score (nSPS) is 27.5. The van der Waals surface area contributed by atoms with Crippen molar-refractivity contribution < 1.29 is 4.74 Å². The second-order valence-electron chi connectivity index (χ2n) is 8.85. The van der Waals surface area contributed by atoms with Crippen LogP contribution in [-0.2, 0) is 24.2 Å². The summed E-state index contributed by atoms with van der Waals surface area (Å²) in [6.07, 6.45) is 8.29. The summed E-state index contributed by atoms with van der Waals surface area (Å²) in [7, 11) is 2.14. The first-order chi connectivity index (χ1) is 13.0. The lowest BCUT2D eigenvalue weighted by Crippen LogP contribution is -2.35. The highest BCUT2D eigenvalue weighted by Crippen LogP contribution is 2.42. The van der Waals surface area contributed by atoms with Crippen LogP contribution in [-0.4, -0.2) is 19.5 Å². The van der Waals surface area contributed by atoms with E-state index in [2.05, 4.69) is 57.2 Å². The van der Waals surface area contributed by atoms with E-state index >= 15 is 0 Å². The number of hydrogen-bond donors (Lipinski definition) is 1. The third-order valence-electron chi connectivity index (χ3n) is 6.80. The van der Waals surface area contributed by atoms with Crippen LogP contribution in [0.5, 0.6) is 0 Å². The van der Waals surface area contributed by atoms with Gasteiger partial charge in [-0.3, -0.25) is 0 Å². The second-order valence-corrected chi connectivity index (χ2v) is 8.85. The number of aryl methyl sites for hydroxylation is 1. The Morgan fingerprint density at radius 2 is 2.04 bits per heavy atom. The Balaban J connectivity index is 1.38. The molecule has 0 unspecified atom stereocenters. The third kappa shape index (κ3) is 4.30. The number of nitrogens with two attached hydrogens (primary N) is 1. The molecule has 0 heterocycles. The molecule has 2 aliphatic rings. The second kappa shape index (κ2) is 7.81. The topological polar surface area (TPSA) is 35.2 Å². The van der Waals surface area contributed by atoms with E-state index in [1.54, 1.807) is 0 Å². The molecule has 3 atom stereocenters. The van der Waals surface area contributed by atoms with Crippen molar-refractivity contribution in [2.45, 2.75) is 76.0 Å². The monoisotopic (exact) mass is 361 g/mol. The maximum Gasteiger partial charge on any atom is 0.139 e. The molecular weight excluding hydrogens is 329 g/mol. The predicted molar refractivity (Wildman–Crippen MR) is 115 cm³/mol. The summed E-state index contributed by atoms with van der Waals surface area (Å²) < 4.78 is 6.24. The number of rotatable bonds is 5. The van der Waals surface area contributed by atoms with E-state index < -0.39 is 0 Å². The van der Waals surface area contributed by atoms with Crippen molar-refractivity contribution in [3.63, 3.8) is 0 Å². The lowest BCUT2D eigenvalue weighted by Gasteiger charge is -2.26. The highest BCUT2D eigenvalue weighted by molar-refractivity contribution is 6.32. The van der Waals surface area contributed by atoms with Crippen molar-refractivity contribution >= 4 is 13.3 Å². The Morgan fingerprint density at radius 1 is 1.15 bits per heavy atom. The van der Waals surface area contributed by atoms with Gasteiger partial charge in [-0.1, -0.05) is 54.9 Å². The third-order valence-corrected chi connectivity index (χ3v) is 6.80. The first-order valence-electron chi connectivity index (χ1n) is 10.6. The van der Waals surface area contributed by atoms with Gasteiger partial charge in [0, 0.05) is 5.54 Å². The van der Waals surface area contributed by atoms with Crippen LogP contribution in [0.1, 0.15) is 67.2 Å². The highest BCUT2D eigenvalue weighted by Gasteiger charge is 2.35. The molecule has 0 amide bonds. The van der Waals surface area contributed by atoms with Gasteiger partial charge < -0.3 is 10.5 Å². The van der Waals surface area contributed by atoms with Crippen LogP contribution in [0, 0.1) is 0 Å². The fourth-order valence-corrected chi connectivity index (χ4v) is 4.92. The maximum absolute atomic E-state index is 6.52. The van der Waals surface area contributed by atoms with Gasteiger partial charge >= 0.3 is 0 Å². The fourth-order valence-electron chi connectivity index (χ4n) is 4.92. The van der Waals surface area contributed by atoms with E-state index in [0.717, 1.165) is 38.7 Å². The van der Waals surface area contributed by atoms with E-state index in [0.29, 0.717) is 12.0 Å². The van der Waals surface area contributed by atoms with E-state index in [1.807, 2.05) is 0 Å². The van der Waals surface area contributed by atoms with Crippen LogP contribution < -0.4 is 11.2 Å². The zero-order valence-electron chi connectivity index (χ0n) is 16.8. The molecule has 0 bridgehead atoms. The molecule has 3 heteroatoms. The smallest absolute Gasteiger partial charge is 0.139 e. The van der Waals surface area contributed by atoms with Gasteiger partial charge in [-0.2, -0.15) is 0 Å². The van der Waals surface area contributed by atoms with Crippen LogP contribution >= 0.6 is 0 Å². The van der Waals surface area contributed by atoms with Gasteiger partial charge in [0.2, 0.25) is 0 Å². The molecular formula is C24H32BNO. The van der Waals surface area contributed by atoms with Crippen LogP contribution in [0.4, 0.5) is 0 Å². The summed E-state index contributed by atoms with van der Waals surface area (Å²) in [5.74, 6) is 0.649. The minimum Gasteiger partial charge on any atom is -0.373 e. The Bertz CT molecular complexity index is 805. The lowest BCUT2D eigenvalue weighted by atomic mass is 9.85. The van der Waals surface area contributed by atoms with Crippen molar-refractivity contribution in [2.24, 2.45) is 5.73 Å². The molecule has 1 fully saturated rings. The maximum atomic E-state index is 6.52. The lowest BCUT2D eigenvalue weighted by molar-refractivity contribution is 0.0319. The number of hydrogen-bond acceptors (Lipinski definition) is 2. The summed E-state index contributed by atoms with van der Waals surface area (Å²) >= 11 is 0. The van der Waals surface area contributed by atoms with Crippen molar-refractivity contribution in [1.82, 2.24) is 0 Å². The van der Waals surface area contributed by atoms with Crippen LogP contribution in [0.15, 0.2) is 42.5 Å². The average Bonchev–Trinajstić information content (AvgIpc) is 3.09. The van der Waals surface area contributed by atoms with Gasteiger partial charge in [-0.05, 0) is 73.1 Å². The van der Waals surface area contributed by atoms with Crippen LogP contribution in [0.2, 0.25) is 0 Å². The minimum absolute atomic E-state index is 0.0648. The molecule has 27 heavy (non-hydrogen) atoms. The van der Waals surface area contributed by atoms with Gasteiger partial charge in [0.25, 0.3) is 0 Å². The zero-order valence-corrected chi connectivity index (χ0v) is 16.8. The summed E-state index contributed by atoms with van der Waals surface area (Å²) in [5, 5.41) is 0. The zero-order chi connectivity index (χ0) is 18.9. The molecule has 142 valence electrons. The van der Waals surface area contributed by atoms with Crippen molar-refractivity contribution in [2.75, 3.05) is 0 Å². The molecule has 2 N–H and O–H groups in total. The molecule has 2 aromatic rings. The molecule has 0 aliphatic heterocycles. The standard InChI is InChI=1S/C24H32BNO/c1-2-24(26)11-10-21(15-24)19-6-7-20-14-23(9-8-18(20)13-19)27-16-17-4-3-5-22(25)12-17/h3-7,12-13,21,23H,2,8-11,14-16,25-26H2,1H3/t21-,23-,24+/m0/s1. The number of benzene rings is 2. The van der Waals surface area contributed by atoms with Crippen LogP contribution in [0.25, 0.3) is 0 Å². The molecule has 0 radical (unpaired) electrons. The van der Waals surface area contributed by atoms with Gasteiger partial charge in [-0.25, -0.2) is 0 Å². The minimum atomic E-state index is 0.0648. The average molecular weight is 361 g/mol. The van der Waals surface area contributed by atoms with Gasteiger partial charge in [0.05, 0.1) is 12.7 Å². The first-order valence-corrected chi connectivity index (χ1v) is 10.6.